The van der Waals surface area contributed by atoms with Crippen LogP contribution in [0.25, 0.3) is 0 Å². The van der Waals surface area contributed by atoms with Crippen LogP contribution in [-0.2, 0) is 5.54 Å². The summed E-state index contributed by atoms with van der Waals surface area (Å²) in [6, 6.07) is 3.84. The number of nitrogens with two attached hydrogens (primary N) is 1. The third-order valence-electron chi connectivity index (χ3n) is 1.88. The van der Waals surface area contributed by atoms with E-state index in [-0.39, 0.29) is 5.54 Å². The maximum atomic E-state index is 5.97. The lowest BCUT2D eigenvalue weighted by Gasteiger charge is -2.19. The van der Waals surface area contributed by atoms with Gasteiger partial charge < -0.3 is 10.5 Å². The minimum absolute atomic E-state index is 0.346. The Morgan fingerprint density at radius 1 is 1.38 bits per heavy atom. The number of rotatable bonds is 2. The fourth-order valence-corrected chi connectivity index (χ4v) is 1.11. The molecule has 2 N–H and O–H groups in total. The zero-order valence-electron chi connectivity index (χ0n) is 8.59. The van der Waals surface area contributed by atoms with Gasteiger partial charge in [0, 0.05) is 17.3 Å². The molecule has 1 rings (SSSR count). The van der Waals surface area contributed by atoms with Gasteiger partial charge in [-0.05, 0) is 32.4 Å². The van der Waals surface area contributed by atoms with E-state index in [1.54, 1.807) is 7.11 Å². The standard InChI is InChI=1S/C10H16N2O/c1-7-5-8(10(2,3)11)6-9(12-7)13-4/h5-6H,11H2,1-4H3. The Balaban J connectivity index is 3.16. The lowest BCUT2D eigenvalue weighted by atomic mass is 9.96. The Morgan fingerprint density at radius 2 is 2.00 bits per heavy atom. The summed E-state index contributed by atoms with van der Waals surface area (Å²) in [7, 11) is 1.61. The first-order valence-electron chi connectivity index (χ1n) is 4.25. The van der Waals surface area contributed by atoms with Crippen molar-refractivity contribution in [3.8, 4) is 5.88 Å². The van der Waals surface area contributed by atoms with Crippen LogP contribution in [0.1, 0.15) is 25.1 Å². The Hall–Kier alpha value is -1.09. The van der Waals surface area contributed by atoms with Crippen molar-refractivity contribution in [3.05, 3.63) is 23.4 Å². The predicted octanol–water partition coefficient (Wildman–Crippen LogP) is 1.59. The molecule has 0 unspecified atom stereocenters. The average molecular weight is 180 g/mol. The SMILES string of the molecule is COc1cc(C(C)(C)N)cc(C)n1. The van der Waals surface area contributed by atoms with Crippen molar-refractivity contribution in [1.82, 2.24) is 4.98 Å². The Labute approximate surface area is 78.9 Å². The maximum Gasteiger partial charge on any atom is 0.213 e. The topological polar surface area (TPSA) is 48.1 Å². The van der Waals surface area contributed by atoms with E-state index in [1.165, 1.54) is 0 Å². The van der Waals surface area contributed by atoms with Gasteiger partial charge in [-0.2, -0.15) is 0 Å². The van der Waals surface area contributed by atoms with E-state index in [4.69, 9.17) is 10.5 Å². The number of aryl methyl sites for hydroxylation is 1. The monoisotopic (exact) mass is 180 g/mol. The molecule has 0 spiro atoms. The van der Waals surface area contributed by atoms with E-state index in [0.717, 1.165) is 11.3 Å². The minimum atomic E-state index is -0.346. The predicted molar refractivity (Wildman–Crippen MR) is 52.7 cm³/mol. The van der Waals surface area contributed by atoms with Crippen molar-refractivity contribution < 1.29 is 4.74 Å². The summed E-state index contributed by atoms with van der Waals surface area (Å²) in [5, 5.41) is 0. The van der Waals surface area contributed by atoms with Crippen LogP contribution in [0, 0.1) is 6.92 Å². The molecular weight excluding hydrogens is 164 g/mol. The van der Waals surface area contributed by atoms with Gasteiger partial charge in [-0.1, -0.05) is 0 Å². The summed E-state index contributed by atoms with van der Waals surface area (Å²) < 4.78 is 5.06. The van der Waals surface area contributed by atoms with Crippen LogP contribution in [0.15, 0.2) is 12.1 Å². The van der Waals surface area contributed by atoms with Crippen LogP contribution in [0.3, 0.4) is 0 Å². The summed E-state index contributed by atoms with van der Waals surface area (Å²) in [4.78, 5) is 4.19. The highest BCUT2D eigenvalue weighted by molar-refractivity contribution is 5.29. The Morgan fingerprint density at radius 3 is 2.46 bits per heavy atom. The molecule has 0 fully saturated rings. The molecule has 1 heterocycles. The highest BCUT2D eigenvalue weighted by Gasteiger charge is 2.15. The zero-order valence-corrected chi connectivity index (χ0v) is 8.59. The van der Waals surface area contributed by atoms with Gasteiger partial charge in [-0.25, -0.2) is 4.98 Å². The third-order valence-corrected chi connectivity index (χ3v) is 1.88. The lowest BCUT2D eigenvalue weighted by molar-refractivity contribution is 0.394. The molecule has 1 aromatic heterocycles. The number of hydrogen-bond acceptors (Lipinski definition) is 3. The molecule has 13 heavy (non-hydrogen) atoms. The van der Waals surface area contributed by atoms with Crippen LogP contribution in [0.4, 0.5) is 0 Å². The van der Waals surface area contributed by atoms with Crippen LogP contribution < -0.4 is 10.5 Å². The molecule has 0 radical (unpaired) electrons. The van der Waals surface area contributed by atoms with Gasteiger partial charge in [-0.15, -0.1) is 0 Å². The molecule has 0 saturated carbocycles. The number of methoxy groups -OCH3 is 1. The average Bonchev–Trinajstić information content (AvgIpc) is 2.01. The van der Waals surface area contributed by atoms with Crippen LogP contribution in [-0.4, -0.2) is 12.1 Å². The molecule has 0 aliphatic carbocycles. The first kappa shape index (κ1) is 9.99. The summed E-state index contributed by atoms with van der Waals surface area (Å²) in [6.45, 7) is 5.85. The number of aromatic nitrogens is 1. The fraction of sp³-hybridized carbons (Fsp3) is 0.500. The smallest absolute Gasteiger partial charge is 0.213 e. The van der Waals surface area contributed by atoms with E-state index in [9.17, 15) is 0 Å². The first-order chi connectivity index (χ1) is 5.93. The fourth-order valence-electron chi connectivity index (χ4n) is 1.11. The molecule has 0 aliphatic heterocycles. The molecule has 0 atom stereocenters. The van der Waals surface area contributed by atoms with Gasteiger partial charge in [0.25, 0.3) is 0 Å². The van der Waals surface area contributed by atoms with Crippen molar-refractivity contribution in [2.24, 2.45) is 5.73 Å². The van der Waals surface area contributed by atoms with E-state index >= 15 is 0 Å². The summed E-state index contributed by atoms with van der Waals surface area (Å²) in [5.41, 5.74) is 7.58. The molecule has 0 bridgehead atoms. The number of hydrogen-bond donors (Lipinski definition) is 1. The molecule has 1 aromatic rings. The maximum absolute atomic E-state index is 5.97. The molecule has 3 heteroatoms. The molecular formula is C10H16N2O. The molecule has 0 aliphatic rings. The quantitative estimate of drug-likeness (QED) is 0.752. The Kier molecular flexibility index (Phi) is 2.57. The second kappa shape index (κ2) is 3.34. The van der Waals surface area contributed by atoms with Crippen molar-refractivity contribution in [2.45, 2.75) is 26.3 Å². The van der Waals surface area contributed by atoms with Crippen molar-refractivity contribution in [1.29, 1.82) is 0 Å². The van der Waals surface area contributed by atoms with Crippen molar-refractivity contribution >= 4 is 0 Å². The van der Waals surface area contributed by atoms with Gasteiger partial charge in [0.05, 0.1) is 7.11 Å². The number of nitrogens with zero attached hydrogens (tertiary/aromatic N) is 1. The van der Waals surface area contributed by atoms with Crippen LogP contribution in [0.5, 0.6) is 5.88 Å². The molecule has 3 nitrogen and oxygen atoms in total. The van der Waals surface area contributed by atoms with Crippen LogP contribution >= 0.6 is 0 Å². The van der Waals surface area contributed by atoms with Crippen LogP contribution in [0.2, 0.25) is 0 Å². The highest BCUT2D eigenvalue weighted by atomic mass is 16.5. The van der Waals surface area contributed by atoms with Crippen molar-refractivity contribution in [3.63, 3.8) is 0 Å². The first-order valence-corrected chi connectivity index (χ1v) is 4.25. The number of pyridine rings is 1. The summed E-state index contributed by atoms with van der Waals surface area (Å²) in [6.07, 6.45) is 0. The molecule has 0 amide bonds. The third kappa shape index (κ3) is 2.42. The highest BCUT2D eigenvalue weighted by Crippen LogP contribution is 2.21. The van der Waals surface area contributed by atoms with E-state index < -0.39 is 0 Å². The summed E-state index contributed by atoms with van der Waals surface area (Å²) >= 11 is 0. The second-order valence-electron chi connectivity index (χ2n) is 3.76. The largest absolute Gasteiger partial charge is 0.481 e. The van der Waals surface area contributed by atoms with E-state index in [0.29, 0.717) is 5.88 Å². The van der Waals surface area contributed by atoms with Gasteiger partial charge in [0.2, 0.25) is 5.88 Å². The van der Waals surface area contributed by atoms with E-state index in [1.807, 2.05) is 32.9 Å². The van der Waals surface area contributed by atoms with Gasteiger partial charge in [0.1, 0.15) is 0 Å². The summed E-state index contributed by atoms with van der Waals surface area (Å²) in [5.74, 6) is 0.619. The number of ether oxygens (including phenoxy) is 1. The van der Waals surface area contributed by atoms with Gasteiger partial charge in [-0.3, -0.25) is 0 Å². The normalized spacial score (nSPS) is 11.5. The minimum Gasteiger partial charge on any atom is -0.481 e. The molecule has 72 valence electrons. The molecule has 0 saturated heterocycles. The van der Waals surface area contributed by atoms with E-state index in [2.05, 4.69) is 4.98 Å². The molecule has 0 aromatic carbocycles. The van der Waals surface area contributed by atoms with Gasteiger partial charge in [0.15, 0.2) is 0 Å². The second-order valence-corrected chi connectivity index (χ2v) is 3.76. The zero-order chi connectivity index (χ0) is 10.1. The Bertz CT molecular complexity index is 302. The van der Waals surface area contributed by atoms with Crippen molar-refractivity contribution in [2.75, 3.05) is 7.11 Å². The lowest BCUT2D eigenvalue weighted by Crippen LogP contribution is -2.28. The van der Waals surface area contributed by atoms with Gasteiger partial charge >= 0.3 is 0 Å².